The van der Waals surface area contributed by atoms with Gasteiger partial charge in [-0.1, -0.05) is 25.5 Å². The van der Waals surface area contributed by atoms with Gasteiger partial charge in [0, 0.05) is 6.54 Å². The zero-order valence-electron chi connectivity index (χ0n) is 7.39. The van der Waals surface area contributed by atoms with Crippen LogP contribution in [0.5, 0.6) is 0 Å². The van der Waals surface area contributed by atoms with Gasteiger partial charge in [-0.15, -0.1) is 0 Å². The quantitative estimate of drug-likeness (QED) is 0.610. The second-order valence-electron chi connectivity index (χ2n) is 3.64. The van der Waals surface area contributed by atoms with Crippen molar-refractivity contribution in [2.75, 3.05) is 19.8 Å². The summed E-state index contributed by atoms with van der Waals surface area (Å²) in [5.74, 6) is 0. The Morgan fingerprint density at radius 3 is 2.82 bits per heavy atom. The van der Waals surface area contributed by atoms with Gasteiger partial charge in [0.2, 0.25) is 0 Å². The molecule has 0 bridgehead atoms. The van der Waals surface area contributed by atoms with Gasteiger partial charge < -0.3 is 10.5 Å². The van der Waals surface area contributed by atoms with Gasteiger partial charge in [0.1, 0.15) is 0 Å². The highest BCUT2D eigenvalue weighted by atomic mass is 16.5. The average molecular weight is 155 g/mol. The van der Waals surface area contributed by atoms with Gasteiger partial charge in [-0.3, -0.25) is 0 Å². The van der Waals surface area contributed by atoms with E-state index in [-0.39, 0.29) is 5.41 Å². The topological polar surface area (TPSA) is 35.2 Å². The van der Waals surface area contributed by atoms with E-state index in [4.69, 9.17) is 10.5 Å². The molecule has 1 aliphatic heterocycles. The van der Waals surface area contributed by atoms with E-state index in [1.807, 2.05) is 0 Å². The Morgan fingerprint density at radius 1 is 1.64 bits per heavy atom. The number of hydrogen-bond acceptors (Lipinski definition) is 2. The van der Waals surface area contributed by atoms with Crippen LogP contribution in [0.3, 0.4) is 0 Å². The van der Waals surface area contributed by atoms with E-state index in [0.29, 0.717) is 0 Å². The third-order valence-corrected chi connectivity index (χ3v) is 2.34. The van der Waals surface area contributed by atoms with Crippen LogP contribution < -0.4 is 5.73 Å². The summed E-state index contributed by atoms with van der Waals surface area (Å²) in [5.41, 5.74) is 7.28. The zero-order chi connectivity index (χ0) is 8.32. The van der Waals surface area contributed by atoms with E-state index in [0.717, 1.165) is 26.2 Å². The summed E-state index contributed by atoms with van der Waals surface area (Å²) < 4.78 is 5.22. The van der Waals surface area contributed by atoms with Crippen LogP contribution in [-0.2, 0) is 4.74 Å². The van der Waals surface area contributed by atoms with E-state index in [9.17, 15) is 0 Å². The molecule has 0 aromatic carbocycles. The molecule has 2 nitrogen and oxygen atoms in total. The van der Waals surface area contributed by atoms with Crippen molar-refractivity contribution in [2.45, 2.75) is 20.3 Å². The molecular weight excluding hydrogens is 138 g/mol. The molecule has 0 radical (unpaired) electrons. The zero-order valence-corrected chi connectivity index (χ0v) is 7.39. The van der Waals surface area contributed by atoms with Crippen LogP contribution in [0.15, 0.2) is 11.6 Å². The van der Waals surface area contributed by atoms with Gasteiger partial charge in [-0.2, -0.15) is 0 Å². The van der Waals surface area contributed by atoms with Gasteiger partial charge in [-0.25, -0.2) is 0 Å². The average Bonchev–Trinajstić information content (AvgIpc) is 2.06. The van der Waals surface area contributed by atoms with Crippen LogP contribution in [0.4, 0.5) is 0 Å². The Labute approximate surface area is 68.4 Å². The number of ether oxygens (including phenoxy) is 1. The fraction of sp³-hybridized carbons (Fsp3) is 0.778. The minimum absolute atomic E-state index is 0.170. The lowest BCUT2D eigenvalue weighted by Gasteiger charge is -2.28. The maximum absolute atomic E-state index is 5.66. The van der Waals surface area contributed by atoms with Gasteiger partial charge >= 0.3 is 0 Å². The monoisotopic (exact) mass is 155 g/mol. The number of rotatable bonds is 2. The molecule has 0 saturated heterocycles. The fourth-order valence-corrected chi connectivity index (χ4v) is 1.27. The lowest BCUT2D eigenvalue weighted by Crippen LogP contribution is -2.28. The van der Waals surface area contributed by atoms with Crippen molar-refractivity contribution in [3.63, 3.8) is 0 Å². The van der Waals surface area contributed by atoms with Crippen LogP contribution in [0.2, 0.25) is 0 Å². The molecular formula is C9H17NO. The molecule has 0 fully saturated rings. The molecule has 2 heteroatoms. The van der Waals surface area contributed by atoms with Crippen molar-refractivity contribution in [1.82, 2.24) is 0 Å². The maximum atomic E-state index is 5.66. The molecule has 0 unspecified atom stereocenters. The minimum Gasteiger partial charge on any atom is -0.377 e. The van der Waals surface area contributed by atoms with Crippen molar-refractivity contribution in [3.05, 3.63) is 11.6 Å². The third kappa shape index (κ3) is 2.04. The van der Waals surface area contributed by atoms with Crippen LogP contribution >= 0.6 is 0 Å². The van der Waals surface area contributed by atoms with E-state index in [1.54, 1.807) is 0 Å². The van der Waals surface area contributed by atoms with Crippen molar-refractivity contribution >= 4 is 0 Å². The van der Waals surface area contributed by atoms with Crippen molar-refractivity contribution in [3.8, 4) is 0 Å². The molecule has 0 spiro atoms. The van der Waals surface area contributed by atoms with E-state index < -0.39 is 0 Å². The lowest BCUT2D eigenvalue weighted by atomic mass is 9.82. The summed E-state index contributed by atoms with van der Waals surface area (Å²) in [6, 6.07) is 0. The summed E-state index contributed by atoms with van der Waals surface area (Å²) in [7, 11) is 0. The standard InChI is InChI=1S/C9H17NO/c1-9(2,7-10)8-3-5-11-6-4-8/h3H,4-7,10H2,1-2H3. The Kier molecular flexibility index (Phi) is 2.68. The second-order valence-corrected chi connectivity index (χ2v) is 3.64. The summed E-state index contributed by atoms with van der Waals surface area (Å²) in [6.07, 6.45) is 3.21. The number of hydrogen-bond donors (Lipinski definition) is 1. The van der Waals surface area contributed by atoms with Crippen LogP contribution in [0.1, 0.15) is 20.3 Å². The highest BCUT2D eigenvalue weighted by Crippen LogP contribution is 2.28. The van der Waals surface area contributed by atoms with Gasteiger partial charge in [0.05, 0.1) is 13.2 Å². The van der Waals surface area contributed by atoms with E-state index in [2.05, 4.69) is 19.9 Å². The predicted octanol–water partition coefficient (Wildman–Crippen LogP) is 1.32. The first-order valence-corrected chi connectivity index (χ1v) is 4.14. The number of nitrogens with two attached hydrogens (primary N) is 1. The van der Waals surface area contributed by atoms with Gasteiger partial charge in [0.15, 0.2) is 0 Å². The first-order valence-electron chi connectivity index (χ1n) is 4.14. The molecule has 1 heterocycles. The first-order chi connectivity index (χ1) is 5.17. The van der Waals surface area contributed by atoms with Crippen LogP contribution in [-0.4, -0.2) is 19.8 Å². The molecule has 0 saturated carbocycles. The molecule has 1 rings (SSSR count). The molecule has 0 atom stereocenters. The Morgan fingerprint density at radius 2 is 2.36 bits per heavy atom. The normalized spacial score (nSPS) is 19.7. The molecule has 1 aliphatic rings. The molecule has 0 amide bonds. The van der Waals surface area contributed by atoms with E-state index in [1.165, 1.54) is 5.57 Å². The molecule has 2 N–H and O–H groups in total. The molecule has 11 heavy (non-hydrogen) atoms. The summed E-state index contributed by atoms with van der Waals surface area (Å²) >= 11 is 0. The summed E-state index contributed by atoms with van der Waals surface area (Å²) in [4.78, 5) is 0. The lowest BCUT2D eigenvalue weighted by molar-refractivity contribution is 0.146. The molecule has 0 aromatic heterocycles. The highest BCUT2D eigenvalue weighted by Gasteiger charge is 2.22. The third-order valence-electron chi connectivity index (χ3n) is 2.34. The Balaban J connectivity index is 2.64. The molecule has 64 valence electrons. The van der Waals surface area contributed by atoms with Crippen molar-refractivity contribution in [2.24, 2.45) is 11.1 Å². The van der Waals surface area contributed by atoms with Crippen LogP contribution in [0.25, 0.3) is 0 Å². The fourth-order valence-electron chi connectivity index (χ4n) is 1.27. The van der Waals surface area contributed by atoms with Gasteiger partial charge in [0.25, 0.3) is 0 Å². The second kappa shape index (κ2) is 3.37. The minimum atomic E-state index is 0.170. The predicted molar refractivity (Wildman–Crippen MR) is 46.4 cm³/mol. The summed E-state index contributed by atoms with van der Waals surface area (Å²) in [5, 5.41) is 0. The van der Waals surface area contributed by atoms with Crippen LogP contribution in [0, 0.1) is 5.41 Å². The molecule has 0 aromatic rings. The maximum Gasteiger partial charge on any atom is 0.0650 e. The Bertz CT molecular complexity index is 161. The van der Waals surface area contributed by atoms with Crippen molar-refractivity contribution < 1.29 is 4.74 Å². The van der Waals surface area contributed by atoms with Crippen molar-refractivity contribution in [1.29, 1.82) is 0 Å². The smallest absolute Gasteiger partial charge is 0.0650 e. The SMILES string of the molecule is CC(C)(CN)C1=CCOCC1. The Hall–Kier alpha value is -0.340. The van der Waals surface area contributed by atoms with Gasteiger partial charge in [-0.05, 0) is 11.8 Å². The van der Waals surface area contributed by atoms with E-state index >= 15 is 0 Å². The largest absolute Gasteiger partial charge is 0.377 e. The first kappa shape index (κ1) is 8.75. The summed E-state index contributed by atoms with van der Waals surface area (Å²) in [6.45, 7) is 6.71. The highest BCUT2D eigenvalue weighted by molar-refractivity contribution is 5.14. The molecule has 0 aliphatic carbocycles.